The molecule has 52 heavy (non-hydrogen) atoms. The monoisotopic (exact) mass is 668 g/mol. The van der Waals surface area contributed by atoms with Gasteiger partial charge in [-0.1, -0.05) is 127 Å². The SMILES string of the molecule is C/C=C/c1ccc(-c2c3nc(c(-c4ccccc4)c4ccc([nH]4)c(-c4ccc(C)cc4)c4nc(c(-c5ccccc5)c5ccc2[nH]5)C=C4)C=C3)cc1. The summed E-state index contributed by atoms with van der Waals surface area (Å²) >= 11 is 0. The Morgan fingerprint density at radius 2 is 0.750 bits per heavy atom. The van der Waals surface area contributed by atoms with Gasteiger partial charge in [0.25, 0.3) is 0 Å². The van der Waals surface area contributed by atoms with Crippen molar-refractivity contribution in [2.24, 2.45) is 0 Å². The second kappa shape index (κ2) is 13.2. The van der Waals surface area contributed by atoms with E-state index in [4.69, 9.17) is 9.97 Å². The van der Waals surface area contributed by atoms with Crippen LogP contribution in [0.2, 0.25) is 0 Å². The summed E-state index contributed by atoms with van der Waals surface area (Å²) in [6.07, 6.45) is 12.8. The van der Waals surface area contributed by atoms with Crippen LogP contribution in [0.1, 0.15) is 40.8 Å². The zero-order chi connectivity index (χ0) is 35.0. The molecule has 0 saturated carbocycles. The number of hydrogen-bond acceptors (Lipinski definition) is 2. The highest BCUT2D eigenvalue weighted by atomic mass is 14.8. The second-order valence-electron chi connectivity index (χ2n) is 13.2. The van der Waals surface area contributed by atoms with Crippen LogP contribution < -0.4 is 0 Å². The van der Waals surface area contributed by atoms with Gasteiger partial charge in [-0.05, 0) is 90.2 Å². The zero-order valence-corrected chi connectivity index (χ0v) is 29.1. The number of allylic oxidation sites excluding steroid dienone is 1. The molecule has 0 amide bonds. The Kier molecular flexibility index (Phi) is 7.90. The summed E-state index contributed by atoms with van der Waals surface area (Å²) in [7, 11) is 0. The first kappa shape index (κ1) is 31.2. The van der Waals surface area contributed by atoms with E-state index in [1.165, 1.54) is 5.56 Å². The fraction of sp³-hybridized carbons (Fsp3) is 0.0417. The standard InChI is InChI=1S/C48H36N4/c1-3-10-32-17-21-36(22-18-32)48-43-29-25-39(51-43)45(33-11-6-4-7-12-33)37-23-27-41(49-37)47(35-19-15-31(2)16-20-35)42-28-24-38(50-42)46(34-13-8-5-9-14-34)40-26-30-44(48)52-40/h3-30,49,52H,1-2H3/b10-3+,45-37?,45-39?,46-38?,46-40?,47-41?,47-42?,48-43?,48-44?. The molecule has 0 spiro atoms. The van der Waals surface area contributed by atoms with Crippen LogP contribution in [0.3, 0.4) is 0 Å². The number of aromatic nitrogens is 4. The lowest BCUT2D eigenvalue weighted by molar-refractivity contribution is 1.31. The average Bonchev–Trinajstić information content (AvgIpc) is 4.02. The van der Waals surface area contributed by atoms with Gasteiger partial charge in [-0.3, -0.25) is 0 Å². The highest BCUT2D eigenvalue weighted by Gasteiger charge is 2.18. The first-order valence-corrected chi connectivity index (χ1v) is 17.7. The van der Waals surface area contributed by atoms with E-state index >= 15 is 0 Å². The maximum atomic E-state index is 5.40. The summed E-state index contributed by atoms with van der Waals surface area (Å²) in [5.41, 5.74) is 18.5. The maximum absolute atomic E-state index is 5.40. The molecule has 4 nitrogen and oxygen atoms in total. The van der Waals surface area contributed by atoms with E-state index in [0.29, 0.717) is 0 Å². The number of hydrogen-bond donors (Lipinski definition) is 2. The fourth-order valence-corrected chi connectivity index (χ4v) is 7.30. The first-order chi connectivity index (χ1) is 25.6. The lowest BCUT2D eigenvalue weighted by atomic mass is 10.0. The molecule has 8 bridgehead atoms. The van der Waals surface area contributed by atoms with Gasteiger partial charge in [0, 0.05) is 44.3 Å². The van der Waals surface area contributed by atoms with Crippen molar-refractivity contribution >= 4 is 52.4 Å². The average molecular weight is 669 g/mol. The molecule has 248 valence electrons. The van der Waals surface area contributed by atoms with Gasteiger partial charge >= 0.3 is 0 Å². The number of nitrogens with zero attached hydrogens (tertiary/aromatic N) is 2. The highest BCUT2D eigenvalue weighted by molar-refractivity contribution is 5.99. The minimum atomic E-state index is 0.899. The van der Waals surface area contributed by atoms with Crippen molar-refractivity contribution in [3.8, 4) is 44.5 Å². The molecular formula is C48H36N4. The van der Waals surface area contributed by atoms with Crippen molar-refractivity contribution in [3.05, 3.63) is 173 Å². The molecule has 0 saturated heterocycles. The minimum Gasteiger partial charge on any atom is -0.354 e. The summed E-state index contributed by atoms with van der Waals surface area (Å²) in [6, 6.07) is 47.1. The molecule has 5 heterocycles. The molecule has 2 N–H and O–H groups in total. The molecule has 9 rings (SSSR count). The molecule has 7 aromatic rings. The third kappa shape index (κ3) is 5.70. The second-order valence-corrected chi connectivity index (χ2v) is 13.2. The number of H-pyrrole nitrogens is 2. The van der Waals surface area contributed by atoms with Gasteiger partial charge in [-0.15, -0.1) is 0 Å². The molecule has 3 aromatic heterocycles. The van der Waals surface area contributed by atoms with Crippen LogP contribution in [0.25, 0.3) is 97.0 Å². The van der Waals surface area contributed by atoms with Crippen LogP contribution in [0.15, 0.2) is 140 Å². The third-order valence-electron chi connectivity index (χ3n) is 9.78. The van der Waals surface area contributed by atoms with E-state index in [9.17, 15) is 0 Å². The van der Waals surface area contributed by atoms with Gasteiger partial charge in [0.15, 0.2) is 0 Å². The summed E-state index contributed by atoms with van der Waals surface area (Å²) in [5.74, 6) is 0. The molecule has 0 radical (unpaired) electrons. The Morgan fingerprint density at radius 3 is 1.12 bits per heavy atom. The van der Waals surface area contributed by atoms with Gasteiger partial charge in [0.2, 0.25) is 0 Å². The lowest BCUT2D eigenvalue weighted by Gasteiger charge is -2.07. The number of rotatable bonds is 5. The van der Waals surface area contributed by atoms with Crippen molar-refractivity contribution in [2.45, 2.75) is 13.8 Å². The zero-order valence-electron chi connectivity index (χ0n) is 29.1. The van der Waals surface area contributed by atoms with Gasteiger partial charge in [0.1, 0.15) is 0 Å². The Balaban J connectivity index is 1.45. The summed E-state index contributed by atoms with van der Waals surface area (Å²) < 4.78 is 0. The maximum Gasteiger partial charge on any atom is 0.0737 e. The molecule has 0 fully saturated rings. The lowest BCUT2D eigenvalue weighted by Crippen LogP contribution is -1.90. The quantitative estimate of drug-likeness (QED) is 0.192. The van der Waals surface area contributed by atoms with Gasteiger partial charge in [0.05, 0.1) is 22.8 Å². The van der Waals surface area contributed by atoms with Gasteiger partial charge < -0.3 is 9.97 Å². The number of aromatic amines is 2. The predicted octanol–water partition coefficient (Wildman–Crippen LogP) is 12.7. The summed E-state index contributed by atoms with van der Waals surface area (Å²) in [5, 5.41) is 0. The van der Waals surface area contributed by atoms with Crippen LogP contribution in [-0.4, -0.2) is 19.9 Å². The number of nitrogens with one attached hydrogen (secondary N) is 2. The number of aryl methyl sites for hydroxylation is 1. The Bertz CT molecular complexity index is 2670. The van der Waals surface area contributed by atoms with Crippen LogP contribution in [0, 0.1) is 6.92 Å². The fourth-order valence-electron chi connectivity index (χ4n) is 7.30. The first-order valence-electron chi connectivity index (χ1n) is 17.7. The van der Waals surface area contributed by atoms with Gasteiger partial charge in [-0.2, -0.15) is 0 Å². The van der Waals surface area contributed by atoms with E-state index in [2.05, 4.69) is 187 Å². The van der Waals surface area contributed by atoms with Crippen LogP contribution in [0.5, 0.6) is 0 Å². The number of fused-ring (bicyclic) bond motifs is 8. The molecule has 2 aliphatic rings. The van der Waals surface area contributed by atoms with Crippen molar-refractivity contribution in [1.82, 2.24) is 19.9 Å². The Morgan fingerprint density at radius 1 is 0.404 bits per heavy atom. The summed E-state index contributed by atoms with van der Waals surface area (Å²) in [4.78, 5) is 18.5. The van der Waals surface area contributed by atoms with E-state index in [1.807, 2.05) is 6.92 Å². The summed E-state index contributed by atoms with van der Waals surface area (Å²) in [6.45, 7) is 4.16. The molecule has 4 heteroatoms. The van der Waals surface area contributed by atoms with Gasteiger partial charge in [-0.25, -0.2) is 9.97 Å². The Hall–Kier alpha value is -6.78. The van der Waals surface area contributed by atoms with Crippen molar-refractivity contribution in [3.63, 3.8) is 0 Å². The normalized spacial score (nSPS) is 12.2. The predicted molar refractivity (Wildman–Crippen MR) is 220 cm³/mol. The molecular weight excluding hydrogens is 633 g/mol. The molecule has 4 aromatic carbocycles. The highest BCUT2D eigenvalue weighted by Crippen LogP contribution is 2.38. The van der Waals surface area contributed by atoms with Crippen LogP contribution >= 0.6 is 0 Å². The van der Waals surface area contributed by atoms with Crippen molar-refractivity contribution in [1.29, 1.82) is 0 Å². The topological polar surface area (TPSA) is 57.4 Å². The molecule has 0 atom stereocenters. The molecule has 2 aliphatic heterocycles. The largest absolute Gasteiger partial charge is 0.354 e. The van der Waals surface area contributed by atoms with Crippen molar-refractivity contribution in [2.75, 3.05) is 0 Å². The van der Waals surface area contributed by atoms with Crippen LogP contribution in [0.4, 0.5) is 0 Å². The van der Waals surface area contributed by atoms with E-state index in [0.717, 1.165) is 94.9 Å². The van der Waals surface area contributed by atoms with Crippen LogP contribution in [-0.2, 0) is 0 Å². The molecule has 0 unspecified atom stereocenters. The molecule has 0 aliphatic carbocycles. The van der Waals surface area contributed by atoms with E-state index < -0.39 is 0 Å². The smallest absolute Gasteiger partial charge is 0.0737 e. The van der Waals surface area contributed by atoms with Crippen molar-refractivity contribution < 1.29 is 0 Å². The van der Waals surface area contributed by atoms with E-state index in [-0.39, 0.29) is 0 Å². The number of benzene rings is 4. The Labute approximate surface area is 303 Å². The third-order valence-corrected chi connectivity index (χ3v) is 9.78. The van der Waals surface area contributed by atoms with E-state index in [1.54, 1.807) is 0 Å². The minimum absolute atomic E-state index is 0.899.